The van der Waals surface area contributed by atoms with Crippen molar-refractivity contribution in [3.8, 4) is 0 Å². The lowest BCUT2D eigenvalue weighted by atomic mass is 9.86. The summed E-state index contributed by atoms with van der Waals surface area (Å²) in [5.74, 6) is -1.23. The van der Waals surface area contributed by atoms with Crippen molar-refractivity contribution in [1.82, 2.24) is 4.90 Å². The number of halogens is 1. The number of carbonyl (C=O) groups is 2. The number of hydrogen-bond donors (Lipinski definition) is 2. The summed E-state index contributed by atoms with van der Waals surface area (Å²) in [6, 6.07) is 9.55. The van der Waals surface area contributed by atoms with Crippen LogP contribution < -0.4 is 0 Å². The second kappa shape index (κ2) is 15.0. The Morgan fingerprint density at radius 1 is 1.15 bits per heavy atom. The standard InChI is InChI=1S/C15H12O2.C14H27NO6.ClH/c1-2-13(11-6-4-3-5-7-11)14-10-12(16)8-9-15(14)17;1-14(2)20-12-11(18-7-5-6-15(3)4)10(9(17)8-16)19-13(12)21-14;/h2-10,13H,1H2;9-13,16-17H,5-8H2,1-4H3;1H. The van der Waals surface area contributed by atoms with E-state index in [0.29, 0.717) is 12.2 Å². The van der Waals surface area contributed by atoms with Crippen LogP contribution in [0.25, 0.3) is 0 Å². The minimum atomic E-state index is -1.01. The fourth-order valence-electron chi connectivity index (χ4n) is 4.58. The molecule has 4 rings (SSSR count). The first-order valence-corrected chi connectivity index (χ1v) is 12.8. The molecule has 6 unspecified atom stereocenters. The topological polar surface area (TPSA) is 115 Å². The Labute approximate surface area is 236 Å². The number of ether oxygens (including phenoxy) is 4. The Kier molecular flexibility index (Phi) is 12.7. The molecule has 2 heterocycles. The van der Waals surface area contributed by atoms with E-state index in [4.69, 9.17) is 24.1 Å². The number of carbonyl (C=O) groups excluding carboxylic acids is 2. The quantitative estimate of drug-likeness (QED) is 0.251. The van der Waals surface area contributed by atoms with Gasteiger partial charge < -0.3 is 34.1 Å². The minimum absolute atomic E-state index is 0. The van der Waals surface area contributed by atoms with Gasteiger partial charge in [-0.15, -0.1) is 19.0 Å². The van der Waals surface area contributed by atoms with E-state index in [1.54, 1.807) is 6.08 Å². The third-order valence-corrected chi connectivity index (χ3v) is 6.36. The fourth-order valence-corrected chi connectivity index (χ4v) is 4.58. The van der Waals surface area contributed by atoms with Crippen molar-refractivity contribution in [2.45, 2.75) is 62.7 Å². The van der Waals surface area contributed by atoms with Gasteiger partial charge in [-0.2, -0.15) is 0 Å². The Balaban J connectivity index is 0.000000272. The van der Waals surface area contributed by atoms with E-state index in [2.05, 4.69) is 11.5 Å². The predicted molar refractivity (Wildman–Crippen MR) is 149 cm³/mol. The minimum Gasteiger partial charge on any atom is -0.394 e. The van der Waals surface area contributed by atoms with E-state index in [1.807, 2.05) is 58.3 Å². The summed E-state index contributed by atoms with van der Waals surface area (Å²) in [7, 11) is 4.01. The molecule has 0 radical (unpaired) electrons. The largest absolute Gasteiger partial charge is 0.394 e. The van der Waals surface area contributed by atoms with Crippen molar-refractivity contribution in [3.05, 3.63) is 72.4 Å². The van der Waals surface area contributed by atoms with Crippen molar-refractivity contribution in [2.24, 2.45) is 0 Å². The lowest BCUT2D eigenvalue weighted by molar-refractivity contribution is -0.231. The van der Waals surface area contributed by atoms with Crippen LogP contribution in [0.4, 0.5) is 0 Å². The molecule has 2 aliphatic heterocycles. The van der Waals surface area contributed by atoms with Crippen molar-refractivity contribution in [2.75, 3.05) is 33.9 Å². The van der Waals surface area contributed by atoms with Crippen LogP contribution in [0.15, 0.2) is 66.8 Å². The highest BCUT2D eigenvalue weighted by Gasteiger charge is 2.56. The number of aliphatic hydroxyl groups excluding tert-OH is 2. The van der Waals surface area contributed by atoms with Crippen LogP contribution in [-0.4, -0.2) is 97.0 Å². The first-order valence-electron chi connectivity index (χ1n) is 12.8. The van der Waals surface area contributed by atoms with Crippen molar-refractivity contribution < 1.29 is 38.7 Å². The van der Waals surface area contributed by atoms with Gasteiger partial charge in [0.2, 0.25) is 0 Å². The van der Waals surface area contributed by atoms with Gasteiger partial charge in [0.25, 0.3) is 0 Å². The second-order valence-corrected chi connectivity index (χ2v) is 10.1. The van der Waals surface area contributed by atoms with Gasteiger partial charge in [0.05, 0.1) is 6.61 Å². The molecule has 216 valence electrons. The monoisotopic (exact) mass is 565 g/mol. The summed E-state index contributed by atoms with van der Waals surface area (Å²) < 4.78 is 23.0. The third kappa shape index (κ3) is 8.89. The highest BCUT2D eigenvalue weighted by molar-refractivity contribution is 6.18. The molecule has 10 heteroatoms. The van der Waals surface area contributed by atoms with Gasteiger partial charge in [-0.1, -0.05) is 36.4 Å². The van der Waals surface area contributed by atoms with Gasteiger partial charge in [0.15, 0.2) is 23.6 Å². The molecule has 3 aliphatic rings. The van der Waals surface area contributed by atoms with Crippen LogP contribution in [0, 0.1) is 0 Å². The molecule has 1 aromatic rings. The molecule has 0 bridgehead atoms. The third-order valence-electron chi connectivity index (χ3n) is 6.36. The van der Waals surface area contributed by atoms with Crippen LogP contribution in [0.5, 0.6) is 0 Å². The lowest BCUT2D eigenvalue weighted by Gasteiger charge is -2.28. The van der Waals surface area contributed by atoms with E-state index < -0.39 is 30.4 Å². The number of ketones is 2. The molecule has 0 saturated carbocycles. The maximum absolute atomic E-state index is 11.8. The number of hydrogen-bond acceptors (Lipinski definition) is 9. The molecule has 2 fully saturated rings. The summed E-state index contributed by atoms with van der Waals surface area (Å²) in [5.41, 5.74) is 1.45. The molecule has 0 amide bonds. The SMILES string of the molecule is C=CC(C1=CC(=O)C=CC1=O)c1ccccc1.CN(C)CCCOC1C(C(O)CO)OC2OC(C)(C)OC21.Cl. The molecule has 6 atom stereocenters. The van der Waals surface area contributed by atoms with Gasteiger partial charge in [-0.3, -0.25) is 9.59 Å². The van der Waals surface area contributed by atoms with E-state index in [-0.39, 0.29) is 42.6 Å². The van der Waals surface area contributed by atoms with Crippen LogP contribution in [0.1, 0.15) is 31.7 Å². The molecule has 1 aliphatic carbocycles. The van der Waals surface area contributed by atoms with Crippen LogP contribution in [0.3, 0.4) is 0 Å². The zero-order valence-corrected chi connectivity index (χ0v) is 23.7. The zero-order chi connectivity index (χ0) is 27.9. The predicted octanol–water partition coefficient (Wildman–Crippen LogP) is 2.57. The van der Waals surface area contributed by atoms with Crippen LogP contribution in [-0.2, 0) is 28.5 Å². The Morgan fingerprint density at radius 3 is 2.46 bits per heavy atom. The maximum atomic E-state index is 11.8. The fraction of sp³-hybridized carbons (Fsp3) is 0.517. The molecule has 2 saturated heterocycles. The smallest absolute Gasteiger partial charge is 0.190 e. The normalized spacial score (nSPS) is 26.7. The average Bonchev–Trinajstić information content (AvgIpc) is 3.36. The number of aliphatic hydroxyl groups is 2. The van der Waals surface area contributed by atoms with Gasteiger partial charge in [-0.25, -0.2) is 0 Å². The first kappa shape index (κ1) is 33.0. The summed E-state index contributed by atoms with van der Waals surface area (Å²) in [6.45, 7) is 8.44. The van der Waals surface area contributed by atoms with Crippen molar-refractivity contribution >= 4 is 24.0 Å². The number of allylic oxidation sites excluding steroid dienone is 5. The molecule has 9 nitrogen and oxygen atoms in total. The van der Waals surface area contributed by atoms with E-state index in [9.17, 15) is 14.7 Å². The number of fused-ring (bicyclic) bond motifs is 1. The summed E-state index contributed by atoms with van der Waals surface area (Å²) in [4.78, 5) is 25.2. The zero-order valence-electron chi connectivity index (χ0n) is 22.9. The van der Waals surface area contributed by atoms with Crippen LogP contribution in [0.2, 0.25) is 0 Å². The van der Waals surface area contributed by atoms with E-state index in [0.717, 1.165) is 18.5 Å². The van der Waals surface area contributed by atoms with Gasteiger partial charge in [0, 0.05) is 18.1 Å². The van der Waals surface area contributed by atoms with Crippen LogP contribution >= 0.6 is 12.4 Å². The Morgan fingerprint density at radius 2 is 1.85 bits per heavy atom. The summed E-state index contributed by atoms with van der Waals surface area (Å²) >= 11 is 0. The summed E-state index contributed by atoms with van der Waals surface area (Å²) in [5, 5.41) is 19.0. The molecule has 2 N–H and O–H groups in total. The highest BCUT2D eigenvalue weighted by atomic mass is 35.5. The van der Waals surface area contributed by atoms with Crippen molar-refractivity contribution in [3.63, 3.8) is 0 Å². The van der Waals surface area contributed by atoms with Gasteiger partial charge >= 0.3 is 0 Å². The Hall–Kier alpha value is -2.21. The molecule has 0 aromatic heterocycles. The highest BCUT2D eigenvalue weighted by Crippen LogP contribution is 2.39. The second-order valence-electron chi connectivity index (χ2n) is 10.1. The van der Waals surface area contributed by atoms with Gasteiger partial charge in [0.1, 0.15) is 24.4 Å². The molecule has 0 spiro atoms. The average molecular weight is 566 g/mol. The molecule has 1 aromatic carbocycles. The van der Waals surface area contributed by atoms with Gasteiger partial charge in [-0.05, 0) is 64.7 Å². The first-order chi connectivity index (χ1) is 18.1. The number of rotatable bonds is 10. The number of nitrogens with zero attached hydrogens (tertiary/aromatic N) is 1. The Bertz CT molecular complexity index is 1030. The molecule has 39 heavy (non-hydrogen) atoms. The molecular formula is C29H40ClNO8. The van der Waals surface area contributed by atoms with E-state index >= 15 is 0 Å². The number of benzene rings is 1. The lowest BCUT2D eigenvalue weighted by Crippen LogP contribution is -2.44. The van der Waals surface area contributed by atoms with Crippen molar-refractivity contribution in [1.29, 1.82) is 0 Å². The summed E-state index contributed by atoms with van der Waals surface area (Å²) in [6.07, 6.45) is 3.51. The molecular weight excluding hydrogens is 526 g/mol. The maximum Gasteiger partial charge on any atom is 0.190 e. The van der Waals surface area contributed by atoms with E-state index in [1.165, 1.54) is 18.2 Å².